The maximum atomic E-state index is 12.4. The average Bonchev–Trinajstić information content (AvgIpc) is 2.63. The van der Waals surface area contributed by atoms with Gasteiger partial charge in [0.15, 0.2) is 0 Å². The third kappa shape index (κ3) is 5.94. The molecule has 1 aromatic heterocycles. The van der Waals surface area contributed by atoms with Crippen LogP contribution in [-0.2, 0) is 0 Å². The quantitative estimate of drug-likeness (QED) is 0.758. The van der Waals surface area contributed by atoms with Gasteiger partial charge < -0.3 is 19.9 Å². The van der Waals surface area contributed by atoms with Crippen molar-refractivity contribution < 1.29 is 9.53 Å². The molecule has 1 aliphatic heterocycles. The Balaban J connectivity index is 1.51. The molecule has 1 atom stereocenters. The van der Waals surface area contributed by atoms with Crippen molar-refractivity contribution in [3.05, 3.63) is 47.1 Å². The molecule has 0 spiro atoms. The molecule has 7 heteroatoms. The van der Waals surface area contributed by atoms with E-state index in [4.69, 9.17) is 4.74 Å². The van der Waals surface area contributed by atoms with Gasteiger partial charge in [-0.3, -0.25) is 0 Å². The number of benzene rings is 1. The van der Waals surface area contributed by atoms with Gasteiger partial charge >= 0.3 is 6.03 Å². The van der Waals surface area contributed by atoms with Crippen molar-refractivity contribution >= 4 is 27.6 Å². The maximum absolute atomic E-state index is 12.4. The van der Waals surface area contributed by atoms with Crippen molar-refractivity contribution in [2.75, 3.05) is 39.0 Å². The molecular formula is C20H25BrN4O2. The van der Waals surface area contributed by atoms with E-state index in [9.17, 15) is 4.79 Å². The van der Waals surface area contributed by atoms with Gasteiger partial charge in [-0.05, 0) is 56.6 Å². The van der Waals surface area contributed by atoms with E-state index >= 15 is 0 Å². The molecule has 27 heavy (non-hydrogen) atoms. The third-order valence-electron chi connectivity index (χ3n) is 4.61. The molecular weight excluding hydrogens is 408 g/mol. The van der Waals surface area contributed by atoms with Gasteiger partial charge in [0.05, 0.1) is 11.9 Å². The SMILES string of the molecule is CN1CCCC(CN(C)C(=O)Nc2ccc(Oc3cccc(Br)c3)nc2)C1. The van der Waals surface area contributed by atoms with Crippen LogP contribution in [0.2, 0.25) is 0 Å². The Morgan fingerprint density at radius 1 is 1.41 bits per heavy atom. The second-order valence-electron chi connectivity index (χ2n) is 7.03. The van der Waals surface area contributed by atoms with Gasteiger partial charge in [-0.1, -0.05) is 22.0 Å². The summed E-state index contributed by atoms with van der Waals surface area (Å²) in [5.41, 5.74) is 0.647. The summed E-state index contributed by atoms with van der Waals surface area (Å²) in [6.45, 7) is 2.95. The minimum absolute atomic E-state index is 0.120. The molecule has 144 valence electrons. The van der Waals surface area contributed by atoms with E-state index in [1.807, 2.05) is 31.3 Å². The van der Waals surface area contributed by atoms with E-state index in [-0.39, 0.29) is 6.03 Å². The van der Waals surface area contributed by atoms with Gasteiger partial charge in [-0.25, -0.2) is 9.78 Å². The number of piperidine rings is 1. The number of carbonyl (C=O) groups excluding carboxylic acids is 1. The molecule has 6 nitrogen and oxygen atoms in total. The lowest BCUT2D eigenvalue weighted by Gasteiger charge is -2.32. The number of amides is 2. The third-order valence-corrected chi connectivity index (χ3v) is 5.10. The Morgan fingerprint density at radius 3 is 2.96 bits per heavy atom. The first-order valence-corrected chi connectivity index (χ1v) is 9.89. The fourth-order valence-electron chi connectivity index (χ4n) is 3.28. The molecule has 1 fully saturated rings. The van der Waals surface area contributed by atoms with Gasteiger partial charge in [0.2, 0.25) is 5.88 Å². The van der Waals surface area contributed by atoms with Crippen LogP contribution < -0.4 is 10.1 Å². The van der Waals surface area contributed by atoms with Crippen molar-refractivity contribution in [3.63, 3.8) is 0 Å². The standard InChI is InChI=1S/C20H25BrN4O2/c1-24-10-4-5-15(13-24)14-25(2)20(26)23-17-8-9-19(22-12-17)27-18-7-3-6-16(21)11-18/h3,6-9,11-12,15H,4-5,10,13-14H2,1-2H3,(H,23,26). The summed E-state index contributed by atoms with van der Waals surface area (Å²) in [6.07, 6.45) is 3.97. The van der Waals surface area contributed by atoms with Crippen LogP contribution in [0.25, 0.3) is 0 Å². The van der Waals surface area contributed by atoms with Crippen molar-refractivity contribution in [2.24, 2.45) is 5.92 Å². The Hall–Kier alpha value is -2.12. The normalized spacial score (nSPS) is 17.4. The van der Waals surface area contributed by atoms with Crippen LogP contribution in [0.4, 0.5) is 10.5 Å². The number of halogens is 1. The van der Waals surface area contributed by atoms with Crippen LogP contribution in [0, 0.1) is 5.92 Å². The van der Waals surface area contributed by atoms with E-state index < -0.39 is 0 Å². The number of rotatable bonds is 5. The molecule has 1 aliphatic rings. The Labute approximate surface area is 168 Å². The topological polar surface area (TPSA) is 57.7 Å². The van der Waals surface area contributed by atoms with Crippen molar-refractivity contribution in [2.45, 2.75) is 12.8 Å². The number of carbonyl (C=O) groups is 1. The molecule has 3 rings (SSSR count). The van der Waals surface area contributed by atoms with E-state index in [0.29, 0.717) is 23.2 Å². The summed E-state index contributed by atoms with van der Waals surface area (Å²) in [5.74, 6) is 1.70. The number of anilines is 1. The van der Waals surface area contributed by atoms with E-state index in [1.54, 1.807) is 23.2 Å². The lowest BCUT2D eigenvalue weighted by Crippen LogP contribution is -2.41. The summed E-state index contributed by atoms with van der Waals surface area (Å²) in [7, 11) is 3.97. The van der Waals surface area contributed by atoms with Gasteiger partial charge in [0, 0.05) is 30.7 Å². The van der Waals surface area contributed by atoms with Gasteiger partial charge in [0.25, 0.3) is 0 Å². The molecule has 2 heterocycles. The first-order chi connectivity index (χ1) is 13.0. The first kappa shape index (κ1) is 19.6. The number of nitrogens with zero attached hydrogens (tertiary/aromatic N) is 3. The van der Waals surface area contributed by atoms with Crippen LogP contribution in [0.3, 0.4) is 0 Å². The summed E-state index contributed by atoms with van der Waals surface area (Å²) in [5, 5.41) is 2.89. The zero-order chi connectivity index (χ0) is 19.2. The van der Waals surface area contributed by atoms with E-state index in [0.717, 1.165) is 24.1 Å². The predicted octanol–water partition coefficient (Wildman–Crippen LogP) is 4.44. The molecule has 1 saturated heterocycles. The second-order valence-corrected chi connectivity index (χ2v) is 7.94. The predicted molar refractivity (Wildman–Crippen MR) is 110 cm³/mol. The Morgan fingerprint density at radius 2 is 2.26 bits per heavy atom. The van der Waals surface area contributed by atoms with Crippen LogP contribution in [0.1, 0.15) is 12.8 Å². The highest BCUT2D eigenvalue weighted by Gasteiger charge is 2.20. The molecule has 0 bridgehead atoms. The molecule has 0 aliphatic carbocycles. The molecule has 0 saturated carbocycles. The number of likely N-dealkylation sites (tertiary alicyclic amines) is 1. The van der Waals surface area contributed by atoms with Crippen LogP contribution >= 0.6 is 15.9 Å². The largest absolute Gasteiger partial charge is 0.439 e. The number of hydrogen-bond donors (Lipinski definition) is 1. The zero-order valence-electron chi connectivity index (χ0n) is 15.7. The van der Waals surface area contributed by atoms with Gasteiger partial charge in [-0.2, -0.15) is 0 Å². The van der Waals surface area contributed by atoms with Crippen molar-refractivity contribution in [3.8, 4) is 11.6 Å². The zero-order valence-corrected chi connectivity index (χ0v) is 17.3. The molecule has 2 amide bonds. The van der Waals surface area contributed by atoms with Gasteiger partial charge in [0.1, 0.15) is 5.75 Å². The first-order valence-electron chi connectivity index (χ1n) is 9.10. The van der Waals surface area contributed by atoms with Gasteiger partial charge in [-0.15, -0.1) is 0 Å². The highest BCUT2D eigenvalue weighted by atomic mass is 79.9. The second kappa shape index (κ2) is 9.19. The maximum Gasteiger partial charge on any atom is 0.321 e. The summed E-state index contributed by atoms with van der Waals surface area (Å²) >= 11 is 3.41. The van der Waals surface area contributed by atoms with Crippen molar-refractivity contribution in [1.29, 1.82) is 0 Å². The van der Waals surface area contributed by atoms with Crippen molar-refractivity contribution in [1.82, 2.24) is 14.8 Å². The smallest absolute Gasteiger partial charge is 0.321 e. The highest BCUT2D eigenvalue weighted by Crippen LogP contribution is 2.23. The number of hydrogen-bond acceptors (Lipinski definition) is 4. The number of ether oxygens (including phenoxy) is 1. The Bertz CT molecular complexity index is 769. The van der Waals surface area contributed by atoms with Crippen LogP contribution in [-0.4, -0.2) is 54.5 Å². The average molecular weight is 433 g/mol. The van der Waals surface area contributed by atoms with E-state index in [1.165, 1.54) is 12.8 Å². The molecule has 0 radical (unpaired) electrons. The summed E-state index contributed by atoms with van der Waals surface area (Å²) in [6, 6.07) is 11.0. The summed E-state index contributed by atoms with van der Waals surface area (Å²) in [4.78, 5) is 20.8. The molecule has 1 N–H and O–H groups in total. The lowest BCUT2D eigenvalue weighted by molar-refractivity contribution is 0.170. The fraction of sp³-hybridized carbons (Fsp3) is 0.400. The number of aromatic nitrogens is 1. The molecule has 1 aromatic carbocycles. The minimum Gasteiger partial charge on any atom is -0.439 e. The number of pyridine rings is 1. The highest BCUT2D eigenvalue weighted by molar-refractivity contribution is 9.10. The van der Waals surface area contributed by atoms with Crippen LogP contribution in [0.5, 0.6) is 11.6 Å². The fourth-order valence-corrected chi connectivity index (χ4v) is 3.66. The summed E-state index contributed by atoms with van der Waals surface area (Å²) < 4.78 is 6.65. The molecule has 1 unspecified atom stereocenters. The number of nitrogens with one attached hydrogen (secondary N) is 1. The monoisotopic (exact) mass is 432 g/mol. The van der Waals surface area contributed by atoms with Crippen LogP contribution in [0.15, 0.2) is 47.1 Å². The minimum atomic E-state index is -0.120. The lowest BCUT2D eigenvalue weighted by atomic mass is 9.98. The van der Waals surface area contributed by atoms with E-state index in [2.05, 4.69) is 38.2 Å². The number of urea groups is 1. The molecule has 2 aromatic rings. The Kier molecular flexibility index (Phi) is 6.68.